The van der Waals surface area contributed by atoms with Crippen molar-refractivity contribution in [2.75, 3.05) is 38.5 Å². The van der Waals surface area contributed by atoms with Crippen LogP contribution < -0.4 is 5.32 Å². The van der Waals surface area contributed by atoms with E-state index in [0.29, 0.717) is 6.04 Å². The van der Waals surface area contributed by atoms with Crippen molar-refractivity contribution in [1.29, 1.82) is 0 Å². The number of anilines is 1. The van der Waals surface area contributed by atoms with Crippen LogP contribution in [0.25, 0.3) is 0 Å². The second-order valence-corrected chi connectivity index (χ2v) is 5.50. The highest BCUT2D eigenvalue weighted by Gasteiger charge is 2.19. The Labute approximate surface area is 116 Å². The van der Waals surface area contributed by atoms with Crippen molar-refractivity contribution in [1.82, 2.24) is 14.8 Å². The number of rotatable bonds is 4. The zero-order valence-electron chi connectivity index (χ0n) is 12.4. The molecule has 1 aliphatic heterocycles. The van der Waals surface area contributed by atoms with E-state index in [1.807, 2.05) is 12.3 Å². The fourth-order valence-electron chi connectivity index (χ4n) is 2.74. The zero-order chi connectivity index (χ0) is 13.7. The Kier molecular flexibility index (Phi) is 5.16. The maximum Gasteiger partial charge on any atom is 0.0564 e. The van der Waals surface area contributed by atoms with Crippen molar-refractivity contribution in [3.8, 4) is 0 Å². The van der Waals surface area contributed by atoms with Gasteiger partial charge in [0.05, 0.1) is 5.69 Å². The summed E-state index contributed by atoms with van der Waals surface area (Å²) in [6, 6.07) is 4.80. The van der Waals surface area contributed by atoms with Gasteiger partial charge < -0.3 is 10.2 Å². The normalized spacial score (nSPS) is 22.2. The molecule has 4 heteroatoms. The van der Waals surface area contributed by atoms with Crippen LogP contribution in [0.1, 0.15) is 26.0 Å². The molecule has 106 valence electrons. The summed E-state index contributed by atoms with van der Waals surface area (Å²) in [5, 5.41) is 3.35. The third kappa shape index (κ3) is 4.18. The van der Waals surface area contributed by atoms with E-state index in [-0.39, 0.29) is 0 Å². The molecule has 4 nitrogen and oxygen atoms in total. The maximum absolute atomic E-state index is 4.50. The Hall–Kier alpha value is -1.13. The van der Waals surface area contributed by atoms with Crippen LogP contribution in [-0.2, 0) is 6.54 Å². The molecule has 1 aromatic rings. The SMILES string of the molecule is CCNc1ccnc(CN2CCCN(C)CC2C)c1. The van der Waals surface area contributed by atoms with Crippen LogP contribution in [0.2, 0.25) is 0 Å². The summed E-state index contributed by atoms with van der Waals surface area (Å²) in [6.45, 7) is 9.85. The lowest BCUT2D eigenvalue weighted by molar-refractivity contribution is 0.192. The third-order valence-corrected chi connectivity index (χ3v) is 3.75. The molecule has 1 atom stereocenters. The average Bonchev–Trinajstić information content (AvgIpc) is 2.52. The van der Waals surface area contributed by atoms with Gasteiger partial charge in [-0.3, -0.25) is 9.88 Å². The molecule has 0 bridgehead atoms. The molecule has 1 unspecified atom stereocenters. The predicted octanol–water partition coefficient (Wildman–Crippen LogP) is 2.04. The van der Waals surface area contributed by atoms with E-state index in [9.17, 15) is 0 Å². The molecule has 1 aromatic heterocycles. The van der Waals surface area contributed by atoms with Crippen molar-refractivity contribution in [3.63, 3.8) is 0 Å². The van der Waals surface area contributed by atoms with E-state index >= 15 is 0 Å². The minimum atomic E-state index is 0.595. The molecular formula is C15H26N4. The van der Waals surface area contributed by atoms with Crippen LogP contribution in [0.3, 0.4) is 0 Å². The average molecular weight is 262 g/mol. The second-order valence-electron chi connectivity index (χ2n) is 5.50. The number of likely N-dealkylation sites (N-methyl/N-ethyl adjacent to an activating group) is 1. The van der Waals surface area contributed by atoms with Gasteiger partial charge in [-0.05, 0) is 46.0 Å². The number of pyridine rings is 1. The van der Waals surface area contributed by atoms with E-state index < -0.39 is 0 Å². The van der Waals surface area contributed by atoms with Gasteiger partial charge in [0.2, 0.25) is 0 Å². The van der Waals surface area contributed by atoms with Crippen molar-refractivity contribution in [3.05, 3.63) is 24.0 Å². The highest BCUT2D eigenvalue weighted by molar-refractivity contribution is 5.42. The summed E-state index contributed by atoms with van der Waals surface area (Å²) in [7, 11) is 2.21. The Morgan fingerprint density at radius 3 is 3.05 bits per heavy atom. The van der Waals surface area contributed by atoms with Gasteiger partial charge in [0, 0.05) is 44.1 Å². The molecule has 0 radical (unpaired) electrons. The summed E-state index contributed by atoms with van der Waals surface area (Å²) in [5.74, 6) is 0. The van der Waals surface area contributed by atoms with Gasteiger partial charge in [-0.15, -0.1) is 0 Å². The molecule has 0 amide bonds. The predicted molar refractivity (Wildman–Crippen MR) is 80.4 cm³/mol. The van der Waals surface area contributed by atoms with E-state index in [2.05, 4.69) is 47.1 Å². The van der Waals surface area contributed by atoms with Gasteiger partial charge in [0.15, 0.2) is 0 Å². The standard InChI is InChI=1S/C15H26N4/c1-4-16-14-6-7-17-15(10-14)12-19-9-5-8-18(3)11-13(19)2/h6-7,10,13H,4-5,8-9,11-12H2,1-3H3,(H,16,17). The van der Waals surface area contributed by atoms with Crippen molar-refractivity contribution in [2.24, 2.45) is 0 Å². The minimum absolute atomic E-state index is 0.595. The lowest BCUT2D eigenvalue weighted by Crippen LogP contribution is -2.37. The van der Waals surface area contributed by atoms with Gasteiger partial charge >= 0.3 is 0 Å². The van der Waals surface area contributed by atoms with Crippen LogP contribution in [0, 0.1) is 0 Å². The number of hydrogen-bond donors (Lipinski definition) is 1. The van der Waals surface area contributed by atoms with Crippen molar-refractivity contribution in [2.45, 2.75) is 32.9 Å². The van der Waals surface area contributed by atoms with Gasteiger partial charge in [-0.1, -0.05) is 0 Å². The Morgan fingerprint density at radius 1 is 1.42 bits per heavy atom. The van der Waals surface area contributed by atoms with E-state index in [0.717, 1.165) is 25.3 Å². The highest BCUT2D eigenvalue weighted by atomic mass is 15.2. The van der Waals surface area contributed by atoms with Crippen LogP contribution in [0.5, 0.6) is 0 Å². The zero-order valence-corrected chi connectivity index (χ0v) is 12.4. The quantitative estimate of drug-likeness (QED) is 0.900. The molecule has 0 spiro atoms. The molecule has 2 rings (SSSR count). The summed E-state index contributed by atoms with van der Waals surface area (Å²) < 4.78 is 0. The number of nitrogens with one attached hydrogen (secondary N) is 1. The van der Waals surface area contributed by atoms with E-state index in [1.165, 1.54) is 25.2 Å². The molecule has 1 fully saturated rings. The first-order valence-electron chi connectivity index (χ1n) is 7.30. The minimum Gasteiger partial charge on any atom is -0.385 e. The van der Waals surface area contributed by atoms with Crippen LogP contribution >= 0.6 is 0 Å². The summed E-state index contributed by atoms with van der Waals surface area (Å²) in [5.41, 5.74) is 2.34. The Balaban J connectivity index is 2.01. The lowest BCUT2D eigenvalue weighted by Gasteiger charge is -2.27. The smallest absolute Gasteiger partial charge is 0.0564 e. The molecule has 19 heavy (non-hydrogen) atoms. The van der Waals surface area contributed by atoms with Crippen LogP contribution in [-0.4, -0.2) is 54.1 Å². The molecule has 1 N–H and O–H groups in total. The largest absolute Gasteiger partial charge is 0.385 e. The number of aromatic nitrogens is 1. The Morgan fingerprint density at radius 2 is 2.26 bits per heavy atom. The first kappa shape index (κ1) is 14.3. The molecule has 0 aromatic carbocycles. The van der Waals surface area contributed by atoms with Crippen LogP contribution in [0.4, 0.5) is 5.69 Å². The van der Waals surface area contributed by atoms with Gasteiger partial charge in [-0.25, -0.2) is 0 Å². The second kappa shape index (κ2) is 6.87. The first-order valence-corrected chi connectivity index (χ1v) is 7.30. The maximum atomic E-state index is 4.50. The number of hydrogen-bond acceptors (Lipinski definition) is 4. The first-order chi connectivity index (χ1) is 9.19. The molecule has 1 aliphatic rings. The molecule has 0 aliphatic carbocycles. The van der Waals surface area contributed by atoms with Crippen molar-refractivity contribution >= 4 is 5.69 Å². The Bertz CT molecular complexity index is 393. The molecule has 2 heterocycles. The fraction of sp³-hybridized carbons (Fsp3) is 0.667. The number of nitrogens with zero attached hydrogens (tertiary/aromatic N) is 3. The van der Waals surface area contributed by atoms with Gasteiger partial charge in [0.25, 0.3) is 0 Å². The van der Waals surface area contributed by atoms with E-state index in [4.69, 9.17) is 0 Å². The lowest BCUT2D eigenvalue weighted by atomic mass is 10.2. The molecular weight excluding hydrogens is 236 g/mol. The highest BCUT2D eigenvalue weighted by Crippen LogP contribution is 2.14. The summed E-state index contributed by atoms with van der Waals surface area (Å²) in [4.78, 5) is 9.47. The molecule has 0 saturated carbocycles. The van der Waals surface area contributed by atoms with E-state index in [1.54, 1.807) is 0 Å². The summed E-state index contributed by atoms with van der Waals surface area (Å²) in [6.07, 6.45) is 3.15. The fourth-order valence-corrected chi connectivity index (χ4v) is 2.74. The van der Waals surface area contributed by atoms with Gasteiger partial charge in [0.1, 0.15) is 0 Å². The molecule has 1 saturated heterocycles. The summed E-state index contributed by atoms with van der Waals surface area (Å²) >= 11 is 0. The van der Waals surface area contributed by atoms with Gasteiger partial charge in [-0.2, -0.15) is 0 Å². The van der Waals surface area contributed by atoms with Crippen LogP contribution in [0.15, 0.2) is 18.3 Å². The monoisotopic (exact) mass is 262 g/mol. The van der Waals surface area contributed by atoms with Crippen molar-refractivity contribution < 1.29 is 0 Å². The topological polar surface area (TPSA) is 31.4 Å². The third-order valence-electron chi connectivity index (χ3n) is 3.75.